The first-order valence-corrected chi connectivity index (χ1v) is 16.7. The second kappa shape index (κ2) is 15.1. The van der Waals surface area contributed by atoms with Crippen molar-refractivity contribution in [2.24, 2.45) is 11.3 Å². The van der Waals surface area contributed by atoms with E-state index in [-0.39, 0.29) is 54.5 Å². The molecule has 2 aromatic heterocycles. The maximum atomic E-state index is 13.8. The monoisotopic (exact) mass is 646 g/mol. The summed E-state index contributed by atoms with van der Waals surface area (Å²) in [7, 11) is -4.07. The molecular weight excluding hydrogens is 603 g/mol. The number of aromatic nitrogens is 4. The largest absolute Gasteiger partial charge is 0.476 e. The lowest BCUT2D eigenvalue weighted by molar-refractivity contribution is -0.149. The lowest BCUT2D eigenvalue weighted by atomic mass is 9.97. The Hall–Kier alpha value is -2.33. The molecule has 1 saturated heterocycles. The van der Waals surface area contributed by atoms with Gasteiger partial charge in [0.25, 0.3) is 0 Å². The molecule has 3 rings (SSSR count). The van der Waals surface area contributed by atoms with Crippen molar-refractivity contribution in [3.8, 4) is 5.88 Å². The zero-order valence-corrected chi connectivity index (χ0v) is 27.4. The van der Waals surface area contributed by atoms with Gasteiger partial charge in [-0.25, -0.2) is 14.6 Å². The number of hydrogen-bond acceptors (Lipinski definition) is 14. The van der Waals surface area contributed by atoms with Crippen LogP contribution < -0.4 is 15.6 Å². The van der Waals surface area contributed by atoms with E-state index < -0.39 is 37.5 Å². The van der Waals surface area contributed by atoms with Crippen LogP contribution >= 0.6 is 19.5 Å². The number of ether oxygens (including phenoxy) is 3. The van der Waals surface area contributed by atoms with Crippen LogP contribution in [0, 0.1) is 11.3 Å². The van der Waals surface area contributed by atoms with Crippen molar-refractivity contribution in [3.05, 3.63) is 6.33 Å². The van der Waals surface area contributed by atoms with Crippen molar-refractivity contribution >= 4 is 47.7 Å². The van der Waals surface area contributed by atoms with Crippen molar-refractivity contribution in [1.82, 2.24) is 24.6 Å². The highest BCUT2D eigenvalue weighted by molar-refractivity contribution is 8.13. The van der Waals surface area contributed by atoms with Crippen molar-refractivity contribution in [3.63, 3.8) is 0 Å². The smallest absolute Gasteiger partial charge is 0.406 e. The van der Waals surface area contributed by atoms with Crippen LogP contribution in [-0.2, 0) is 32.7 Å². The summed E-state index contributed by atoms with van der Waals surface area (Å²) in [5.41, 5.74) is 5.89. The minimum atomic E-state index is -4.07. The SMILES string of the molecule is CCOc1nc(N)nc2c1ncn2C1OC(COP(=O)(NC(C)C(=O)OC(C)C)OCCSC(=O)C(C)(C)CO)CC1C. The van der Waals surface area contributed by atoms with E-state index in [2.05, 4.69) is 20.0 Å². The van der Waals surface area contributed by atoms with Gasteiger partial charge in [-0.3, -0.25) is 23.2 Å². The molecule has 0 amide bonds. The number of anilines is 1. The second-order valence-corrected chi connectivity index (χ2v) is 14.0. The fourth-order valence-corrected chi connectivity index (χ4v) is 6.59. The van der Waals surface area contributed by atoms with Gasteiger partial charge in [-0.05, 0) is 48.0 Å². The summed E-state index contributed by atoms with van der Waals surface area (Å²) < 4.78 is 43.9. The first-order valence-electron chi connectivity index (χ1n) is 14.1. The third-order valence-electron chi connectivity index (χ3n) is 6.43. The maximum Gasteiger partial charge on any atom is 0.406 e. The van der Waals surface area contributed by atoms with Gasteiger partial charge in [0, 0.05) is 11.7 Å². The van der Waals surface area contributed by atoms with Crippen LogP contribution in [0.4, 0.5) is 5.95 Å². The Balaban J connectivity index is 1.69. The Morgan fingerprint density at radius 1 is 1.30 bits per heavy atom. The van der Waals surface area contributed by atoms with Crippen LogP contribution in [0.1, 0.15) is 61.1 Å². The summed E-state index contributed by atoms with van der Waals surface area (Å²) in [6.45, 7) is 11.8. The molecular formula is C26H43N6O9PS. The molecule has 1 aliphatic rings. The summed E-state index contributed by atoms with van der Waals surface area (Å²) in [5.74, 6) is -0.158. The van der Waals surface area contributed by atoms with E-state index in [1.807, 2.05) is 13.8 Å². The van der Waals surface area contributed by atoms with Gasteiger partial charge in [0.15, 0.2) is 16.3 Å². The number of nitrogens with one attached hydrogen (secondary N) is 1. The van der Waals surface area contributed by atoms with Gasteiger partial charge in [0.1, 0.15) is 12.3 Å². The number of carbonyl (C=O) groups excluding carboxylic acids is 2. The number of nitrogen functional groups attached to an aromatic ring is 1. The van der Waals surface area contributed by atoms with E-state index in [0.717, 1.165) is 11.8 Å². The van der Waals surface area contributed by atoms with Gasteiger partial charge in [-0.15, -0.1) is 0 Å². The van der Waals surface area contributed by atoms with Crippen molar-refractivity contribution < 1.29 is 42.5 Å². The molecule has 4 N–H and O–H groups in total. The third-order valence-corrected chi connectivity index (χ3v) is 9.33. The molecule has 5 unspecified atom stereocenters. The molecule has 0 aromatic carbocycles. The summed E-state index contributed by atoms with van der Waals surface area (Å²) in [5, 5.41) is 11.8. The highest BCUT2D eigenvalue weighted by Crippen LogP contribution is 2.46. The number of imidazole rings is 1. The van der Waals surface area contributed by atoms with E-state index >= 15 is 0 Å². The molecule has 2 aromatic rings. The number of hydrogen-bond donors (Lipinski definition) is 3. The standard InChI is InChI=1S/C26H43N6O9PS/c1-8-37-21-19-20(29-25(27)30-21)32(14-28-19)22-16(4)11-18(41-22)12-39-42(36,31-17(5)23(34)40-15(2)3)38-9-10-43-24(35)26(6,7)13-33/h14-18,22,33H,8-13H2,1-7H3,(H,31,36)(H2,27,29,30). The zero-order chi connectivity index (χ0) is 31.9. The highest BCUT2D eigenvalue weighted by Gasteiger charge is 2.38. The van der Waals surface area contributed by atoms with E-state index in [1.165, 1.54) is 6.92 Å². The third kappa shape index (κ3) is 9.33. The normalized spacial score (nSPS) is 21.2. The molecule has 0 bridgehead atoms. The van der Waals surface area contributed by atoms with Gasteiger partial charge in [-0.2, -0.15) is 9.97 Å². The van der Waals surface area contributed by atoms with Gasteiger partial charge < -0.3 is 25.1 Å². The lowest BCUT2D eigenvalue weighted by Crippen LogP contribution is -2.36. The number of nitrogens with zero attached hydrogens (tertiary/aromatic N) is 4. The number of nitrogens with two attached hydrogens (primary N) is 1. The first kappa shape index (κ1) is 35.2. The molecule has 0 radical (unpaired) electrons. The van der Waals surface area contributed by atoms with Gasteiger partial charge in [0.05, 0.1) is 50.4 Å². The Bertz CT molecular complexity index is 1310. The lowest BCUT2D eigenvalue weighted by Gasteiger charge is -2.24. The van der Waals surface area contributed by atoms with E-state index in [1.54, 1.807) is 38.6 Å². The molecule has 242 valence electrons. The average molecular weight is 647 g/mol. The molecule has 15 nitrogen and oxygen atoms in total. The first-order chi connectivity index (χ1) is 20.2. The molecule has 0 spiro atoms. The fraction of sp³-hybridized carbons (Fsp3) is 0.731. The van der Waals surface area contributed by atoms with Gasteiger partial charge in [0.2, 0.25) is 11.8 Å². The van der Waals surface area contributed by atoms with Gasteiger partial charge >= 0.3 is 13.7 Å². The van der Waals surface area contributed by atoms with Crippen LogP contribution in [0.15, 0.2) is 6.33 Å². The fourth-order valence-electron chi connectivity index (χ4n) is 4.16. The molecule has 1 fully saturated rings. The molecule has 1 aliphatic heterocycles. The van der Waals surface area contributed by atoms with Crippen molar-refractivity contribution in [1.29, 1.82) is 0 Å². The number of aliphatic hydroxyl groups excluding tert-OH is 1. The van der Waals surface area contributed by atoms with Crippen molar-refractivity contribution in [2.75, 3.05) is 37.9 Å². The van der Waals surface area contributed by atoms with E-state index in [4.69, 9.17) is 29.0 Å². The van der Waals surface area contributed by atoms with Crippen LogP contribution in [-0.4, -0.2) is 86.1 Å². The molecule has 5 atom stereocenters. The van der Waals surface area contributed by atoms with Crippen LogP contribution in [0.25, 0.3) is 11.2 Å². The summed E-state index contributed by atoms with van der Waals surface area (Å²) in [4.78, 5) is 37.6. The Morgan fingerprint density at radius 3 is 2.67 bits per heavy atom. The minimum absolute atomic E-state index is 0.0109. The number of esters is 1. The Kier molecular flexibility index (Phi) is 12.3. The van der Waals surface area contributed by atoms with Crippen LogP contribution in [0.5, 0.6) is 5.88 Å². The minimum Gasteiger partial charge on any atom is -0.476 e. The molecule has 43 heavy (non-hydrogen) atoms. The second-order valence-electron chi connectivity index (χ2n) is 11.1. The Morgan fingerprint density at radius 2 is 2.02 bits per heavy atom. The summed E-state index contributed by atoms with van der Waals surface area (Å²) in [6, 6.07) is -1.01. The zero-order valence-electron chi connectivity index (χ0n) is 25.6. The van der Waals surface area contributed by atoms with Crippen LogP contribution in [0.2, 0.25) is 0 Å². The number of rotatable bonds is 16. The quantitative estimate of drug-likeness (QED) is 0.136. The number of aliphatic hydroxyl groups is 1. The predicted octanol–water partition coefficient (Wildman–Crippen LogP) is 3.08. The maximum absolute atomic E-state index is 13.8. The number of thioether (sulfide) groups is 1. The molecule has 0 aliphatic carbocycles. The van der Waals surface area contributed by atoms with Crippen molar-refractivity contribution in [2.45, 2.75) is 79.4 Å². The van der Waals surface area contributed by atoms with E-state index in [9.17, 15) is 19.3 Å². The number of carbonyl (C=O) groups is 2. The average Bonchev–Trinajstić information content (AvgIpc) is 3.52. The molecule has 3 heterocycles. The highest BCUT2D eigenvalue weighted by atomic mass is 32.2. The molecule has 0 saturated carbocycles. The topological polar surface area (TPSA) is 199 Å². The summed E-state index contributed by atoms with van der Waals surface area (Å²) in [6.07, 6.45) is 0.800. The Labute approximate surface area is 255 Å². The summed E-state index contributed by atoms with van der Waals surface area (Å²) >= 11 is 0.949. The van der Waals surface area contributed by atoms with E-state index in [0.29, 0.717) is 24.2 Å². The van der Waals surface area contributed by atoms with Gasteiger partial charge in [-0.1, -0.05) is 18.7 Å². The number of fused-ring (bicyclic) bond motifs is 1. The van der Waals surface area contributed by atoms with Crippen LogP contribution in [0.3, 0.4) is 0 Å². The predicted molar refractivity (Wildman–Crippen MR) is 160 cm³/mol. The molecule has 17 heteroatoms.